The van der Waals surface area contributed by atoms with E-state index in [1.807, 2.05) is 24.3 Å². The van der Waals surface area contributed by atoms with Gasteiger partial charge in [0.2, 0.25) is 5.91 Å². The van der Waals surface area contributed by atoms with Gasteiger partial charge in [-0.25, -0.2) is 0 Å². The molecule has 3 N–H and O–H groups in total. The van der Waals surface area contributed by atoms with Crippen molar-refractivity contribution < 1.29 is 9.53 Å². The zero-order chi connectivity index (χ0) is 18.6. The summed E-state index contributed by atoms with van der Waals surface area (Å²) in [5.41, 5.74) is 1.89. The summed E-state index contributed by atoms with van der Waals surface area (Å²) in [6.45, 7) is 3.78. The minimum Gasteiger partial charge on any atom is -0.378 e. The monoisotopic (exact) mass is 488 g/mol. The normalized spacial score (nSPS) is 15.0. The molecule has 7 heteroatoms. The lowest BCUT2D eigenvalue weighted by molar-refractivity contribution is -0.114. The zero-order valence-corrected chi connectivity index (χ0v) is 18.8. The van der Waals surface area contributed by atoms with Crippen molar-refractivity contribution in [3.8, 4) is 0 Å². The van der Waals surface area contributed by atoms with Crippen molar-refractivity contribution in [3.63, 3.8) is 0 Å². The van der Waals surface area contributed by atoms with E-state index in [4.69, 9.17) is 4.74 Å². The van der Waals surface area contributed by atoms with Crippen molar-refractivity contribution in [2.75, 3.05) is 25.5 Å². The lowest BCUT2D eigenvalue weighted by atomic mass is 9.98. The number of carbonyl (C=O) groups is 1. The summed E-state index contributed by atoms with van der Waals surface area (Å²) in [6.07, 6.45) is 7.84. The van der Waals surface area contributed by atoms with Gasteiger partial charge in [-0.3, -0.25) is 9.79 Å². The third-order valence-corrected chi connectivity index (χ3v) is 4.45. The van der Waals surface area contributed by atoms with Crippen LogP contribution in [-0.2, 0) is 16.1 Å². The Morgan fingerprint density at radius 2 is 2.00 bits per heavy atom. The molecule has 0 radical (unpaired) electrons. The van der Waals surface area contributed by atoms with E-state index >= 15 is 0 Å². The minimum atomic E-state index is -0.0666. The van der Waals surface area contributed by atoms with Gasteiger partial charge in [0, 0.05) is 39.4 Å². The summed E-state index contributed by atoms with van der Waals surface area (Å²) < 4.78 is 5.94. The van der Waals surface area contributed by atoms with Gasteiger partial charge in [0.15, 0.2) is 5.96 Å². The number of rotatable bonds is 8. The summed E-state index contributed by atoms with van der Waals surface area (Å²) in [7, 11) is 1.77. The topological polar surface area (TPSA) is 74.8 Å². The van der Waals surface area contributed by atoms with E-state index in [-0.39, 0.29) is 29.9 Å². The molecule has 0 aliphatic heterocycles. The maximum atomic E-state index is 11.1. The SMILES string of the molecule is CN=C(NCCCOC1CCCCC1)NCc1cccc(NC(C)=O)c1.I. The summed E-state index contributed by atoms with van der Waals surface area (Å²) in [4.78, 5) is 15.4. The van der Waals surface area contributed by atoms with Crippen LogP contribution in [0, 0.1) is 0 Å². The molecule has 1 fully saturated rings. The standard InChI is InChI=1S/C20H32N4O2.HI/c1-16(25)24-18-9-6-8-17(14-18)15-23-20(21-2)22-12-7-13-26-19-10-4-3-5-11-19;/h6,8-9,14,19H,3-5,7,10-13,15H2,1-2H3,(H,24,25)(H2,21,22,23);1H. The van der Waals surface area contributed by atoms with Crippen molar-refractivity contribution in [2.45, 2.75) is 58.1 Å². The summed E-state index contributed by atoms with van der Waals surface area (Å²) in [5.74, 6) is 0.704. The van der Waals surface area contributed by atoms with Crippen LogP contribution in [0.25, 0.3) is 0 Å². The Morgan fingerprint density at radius 1 is 1.22 bits per heavy atom. The van der Waals surface area contributed by atoms with E-state index in [9.17, 15) is 4.79 Å². The Morgan fingerprint density at radius 3 is 2.70 bits per heavy atom. The predicted octanol–water partition coefficient (Wildman–Crippen LogP) is 3.67. The largest absolute Gasteiger partial charge is 0.378 e. The van der Waals surface area contributed by atoms with Gasteiger partial charge >= 0.3 is 0 Å². The molecule has 1 aliphatic carbocycles. The fraction of sp³-hybridized carbons (Fsp3) is 0.600. The van der Waals surface area contributed by atoms with Crippen molar-refractivity contribution in [2.24, 2.45) is 4.99 Å². The van der Waals surface area contributed by atoms with Gasteiger partial charge in [-0.2, -0.15) is 0 Å². The Kier molecular flexibility index (Phi) is 12.1. The number of ether oxygens (including phenoxy) is 1. The number of hydrogen-bond donors (Lipinski definition) is 3. The number of anilines is 1. The second-order valence-electron chi connectivity index (χ2n) is 6.72. The van der Waals surface area contributed by atoms with E-state index in [1.54, 1.807) is 7.05 Å². The van der Waals surface area contributed by atoms with E-state index in [1.165, 1.54) is 39.0 Å². The molecule has 152 valence electrons. The van der Waals surface area contributed by atoms with Crippen molar-refractivity contribution in [1.29, 1.82) is 0 Å². The van der Waals surface area contributed by atoms with Crippen LogP contribution in [0.1, 0.15) is 51.0 Å². The second kappa shape index (κ2) is 13.8. The predicted molar refractivity (Wildman–Crippen MR) is 122 cm³/mol. The average molecular weight is 488 g/mol. The quantitative estimate of drug-likeness (QED) is 0.226. The Bertz CT molecular complexity index is 589. The maximum Gasteiger partial charge on any atom is 0.221 e. The molecule has 0 unspecified atom stereocenters. The lowest BCUT2D eigenvalue weighted by Crippen LogP contribution is -2.37. The van der Waals surface area contributed by atoms with Crippen LogP contribution >= 0.6 is 24.0 Å². The van der Waals surface area contributed by atoms with Crippen LogP contribution in [0.5, 0.6) is 0 Å². The molecule has 27 heavy (non-hydrogen) atoms. The van der Waals surface area contributed by atoms with Crippen LogP contribution in [0.3, 0.4) is 0 Å². The minimum absolute atomic E-state index is 0. The first-order valence-electron chi connectivity index (χ1n) is 9.60. The second-order valence-corrected chi connectivity index (χ2v) is 6.72. The average Bonchev–Trinajstić information content (AvgIpc) is 2.64. The third kappa shape index (κ3) is 9.95. The highest BCUT2D eigenvalue weighted by Crippen LogP contribution is 2.20. The fourth-order valence-electron chi connectivity index (χ4n) is 3.13. The molecule has 1 amide bonds. The van der Waals surface area contributed by atoms with Crippen LogP contribution in [-0.4, -0.2) is 38.2 Å². The Balaban J connectivity index is 0.00000364. The van der Waals surface area contributed by atoms with Crippen LogP contribution in [0.2, 0.25) is 0 Å². The van der Waals surface area contributed by atoms with E-state index in [2.05, 4.69) is 20.9 Å². The van der Waals surface area contributed by atoms with Crippen LogP contribution in [0.15, 0.2) is 29.3 Å². The zero-order valence-electron chi connectivity index (χ0n) is 16.4. The van der Waals surface area contributed by atoms with Gasteiger partial charge in [0.05, 0.1) is 6.10 Å². The lowest BCUT2D eigenvalue weighted by Gasteiger charge is -2.22. The molecule has 0 atom stereocenters. The highest BCUT2D eigenvalue weighted by molar-refractivity contribution is 14.0. The summed E-state index contributed by atoms with van der Waals surface area (Å²) in [5, 5.41) is 9.40. The molecule has 2 rings (SSSR count). The third-order valence-electron chi connectivity index (χ3n) is 4.45. The number of halogens is 1. The molecule has 1 aliphatic rings. The van der Waals surface area contributed by atoms with Crippen molar-refractivity contribution >= 4 is 41.5 Å². The number of hydrogen-bond acceptors (Lipinski definition) is 3. The first-order valence-corrected chi connectivity index (χ1v) is 9.60. The molecule has 0 heterocycles. The number of aliphatic imine (C=N–C) groups is 1. The summed E-state index contributed by atoms with van der Waals surface area (Å²) in [6, 6.07) is 7.79. The van der Waals surface area contributed by atoms with Gasteiger partial charge in [-0.05, 0) is 37.0 Å². The molecule has 0 bridgehead atoms. The number of benzene rings is 1. The molecule has 1 saturated carbocycles. The summed E-state index contributed by atoms with van der Waals surface area (Å²) >= 11 is 0. The molecular formula is C20H33IN4O2. The van der Waals surface area contributed by atoms with Crippen LogP contribution in [0.4, 0.5) is 5.69 Å². The molecular weight excluding hydrogens is 455 g/mol. The molecule has 6 nitrogen and oxygen atoms in total. The van der Waals surface area contributed by atoms with Crippen molar-refractivity contribution in [1.82, 2.24) is 10.6 Å². The number of carbonyl (C=O) groups excluding carboxylic acids is 1. The van der Waals surface area contributed by atoms with Gasteiger partial charge in [-0.1, -0.05) is 31.4 Å². The number of nitrogens with one attached hydrogen (secondary N) is 3. The first kappa shape index (κ1) is 23.7. The van der Waals surface area contributed by atoms with Gasteiger partial charge < -0.3 is 20.7 Å². The van der Waals surface area contributed by atoms with Crippen molar-refractivity contribution in [3.05, 3.63) is 29.8 Å². The first-order chi connectivity index (χ1) is 12.7. The van der Waals surface area contributed by atoms with Gasteiger partial charge in [0.25, 0.3) is 0 Å². The van der Waals surface area contributed by atoms with Gasteiger partial charge in [0.1, 0.15) is 0 Å². The highest BCUT2D eigenvalue weighted by Gasteiger charge is 2.12. The van der Waals surface area contributed by atoms with E-state index in [0.717, 1.165) is 36.8 Å². The van der Waals surface area contributed by atoms with Gasteiger partial charge in [-0.15, -0.1) is 24.0 Å². The molecule has 1 aromatic rings. The number of nitrogens with zero attached hydrogens (tertiary/aromatic N) is 1. The Hall–Kier alpha value is -1.35. The molecule has 0 spiro atoms. The van der Waals surface area contributed by atoms with E-state index < -0.39 is 0 Å². The molecule has 0 aromatic heterocycles. The van der Waals surface area contributed by atoms with E-state index in [0.29, 0.717) is 12.6 Å². The molecule has 0 saturated heterocycles. The smallest absolute Gasteiger partial charge is 0.221 e. The fourth-order valence-corrected chi connectivity index (χ4v) is 3.13. The highest BCUT2D eigenvalue weighted by atomic mass is 127. The number of amides is 1. The maximum absolute atomic E-state index is 11.1. The number of guanidine groups is 1. The Labute approximate surface area is 179 Å². The van der Waals surface area contributed by atoms with Crippen LogP contribution < -0.4 is 16.0 Å². The molecule has 1 aromatic carbocycles.